The van der Waals surface area contributed by atoms with Crippen molar-refractivity contribution in [3.05, 3.63) is 22.2 Å². The zero-order valence-electron chi connectivity index (χ0n) is 12.0. The van der Waals surface area contributed by atoms with E-state index < -0.39 is 0 Å². The van der Waals surface area contributed by atoms with Crippen molar-refractivity contribution in [2.75, 3.05) is 13.2 Å². The molecule has 4 heteroatoms. The average Bonchev–Trinajstić information content (AvgIpc) is 2.43. The second kappa shape index (κ2) is 8.43. The third-order valence-corrected chi connectivity index (χ3v) is 3.45. The Balaban J connectivity index is 3.05. The Morgan fingerprint density at radius 3 is 2.16 bits per heavy atom. The Morgan fingerprint density at radius 2 is 1.63 bits per heavy atom. The van der Waals surface area contributed by atoms with Gasteiger partial charge in [-0.05, 0) is 41.3 Å². The van der Waals surface area contributed by atoms with E-state index in [1.165, 1.54) is 0 Å². The molecule has 0 radical (unpaired) electrons. The maximum absolute atomic E-state index is 6.14. The van der Waals surface area contributed by atoms with Crippen LogP contribution in [0.5, 0.6) is 11.5 Å². The lowest BCUT2D eigenvalue weighted by Crippen LogP contribution is -2.12. The van der Waals surface area contributed by atoms with Gasteiger partial charge in [-0.15, -0.1) is 0 Å². The summed E-state index contributed by atoms with van der Waals surface area (Å²) in [7, 11) is 0. The fourth-order valence-corrected chi connectivity index (χ4v) is 2.19. The predicted molar refractivity (Wildman–Crippen MR) is 82.9 cm³/mol. The molecule has 0 saturated heterocycles. The summed E-state index contributed by atoms with van der Waals surface area (Å²) in [6.07, 6.45) is 2.83. The molecule has 0 aliphatic heterocycles. The molecule has 19 heavy (non-hydrogen) atoms. The van der Waals surface area contributed by atoms with Gasteiger partial charge < -0.3 is 15.2 Å². The van der Waals surface area contributed by atoms with E-state index in [0.29, 0.717) is 13.2 Å². The maximum atomic E-state index is 6.14. The van der Waals surface area contributed by atoms with Gasteiger partial charge in [0.15, 0.2) is 0 Å². The molecule has 0 spiro atoms. The third-order valence-electron chi connectivity index (χ3n) is 2.83. The lowest BCUT2D eigenvalue weighted by atomic mass is 10.0. The largest absolute Gasteiger partial charge is 0.493 e. The minimum absolute atomic E-state index is 0.0108. The third kappa shape index (κ3) is 4.69. The van der Waals surface area contributed by atoms with E-state index in [4.69, 9.17) is 15.2 Å². The van der Waals surface area contributed by atoms with Crippen LogP contribution in [0.1, 0.15) is 51.6 Å². The Labute approximate surface area is 124 Å². The van der Waals surface area contributed by atoms with Gasteiger partial charge in [-0.2, -0.15) is 0 Å². The van der Waals surface area contributed by atoms with Gasteiger partial charge in [0, 0.05) is 17.7 Å². The van der Waals surface area contributed by atoms with Crippen LogP contribution in [0.15, 0.2) is 16.6 Å². The number of halogens is 1. The van der Waals surface area contributed by atoms with Crippen molar-refractivity contribution >= 4 is 15.9 Å². The van der Waals surface area contributed by atoms with E-state index in [-0.39, 0.29) is 6.04 Å². The summed E-state index contributed by atoms with van der Waals surface area (Å²) in [5, 5.41) is 0. The second-order valence-corrected chi connectivity index (χ2v) is 5.39. The van der Waals surface area contributed by atoms with Crippen LogP contribution in [0.3, 0.4) is 0 Å². The molecule has 1 rings (SSSR count). The fourth-order valence-electron chi connectivity index (χ4n) is 1.72. The fraction of sp³-hybridized carbons (Fsp3) is 0.600. The van der Waals surface area contributed by atoms with Crippen molar-refractivity contribution in [1.29, 1.82) is 0 Å². The normalized spacial score (nSPS) is 12.3. The van der Waals surface area contributed by atoms with Crippen LogP contribution < -0.4 is 15.2 Å². The first-order valence-corrected chi connectivity index (χ1v) is 7.77. The van der Waals surface area contributed by atoms with E-state index in [9.17, 15) is 0 Å². The SMILES string of the molecule is CCCOc1cc(OCCC)c(C(N)CC)cc1Br. The number of rotatable bonds is 8. The van der Waals surface area contributed by atoms with Crippen LogP contribution in [0.4, 0.5) is 0 Å². The van der Waals surface area contributed by atoms with Crippen molar-refractivity contribution < 1.29 is 9.47 Å². The molecule has 0 aliphatic rings. The van der Waals surface area contributed by atoms with E-state index in [1.807, 2.05) is 12.1 Å². The Hall–Kier alpha value is -0.740. The van der Waals surface area contributed by atoms with Crippen LogP contribution in [-0.2, 0) is 0 Å². The van der Waals surface area contributed by atoms with Gasteiger partial charge in [-0.3, -0.25) is 0 Å². The molecule has 108 valence electrons. The summed E-state index contributed by atoms with van der Waals surface area (Å²) in [5.74, 6) is 1.66. The van der Waals surface area contributed by atoms with Crippen molar-refractivity contribution in [3.8, 4) is 11.5 Å². The van der Waals surface area contributed by atoms with Gasteiger partial charge in [-0.1, -0.05) is 20.8 Å². The highest BCUT2D eigenvalue weighted by atomic mass is 79.9. The highest BCUT2D eigenvalue weighted by Gasteiger charge is 2.15. The highest BCUT2D eigenvalue weighted by Crippen LogP contribution is 2.36. The van der Waals surface area contributed by atoms with E-state index >= 15 is 0 Å². The first kappa shape index (κ1) is 16.3. The zero-order chi connectivity index (χ0) is 14.3. The lowest BCUT2D eigenvalue weighted by Gasteiger charge is -2.18. The number of nitrogens with two attached hydrogens (primary N) is 1. The van der Waals surface area contributed by atoms with E-state index in [0.717, 1.165) is 40.8 Å². The minimum Gasteiger partial charge on any atom is -0.493 e. The molecule has 0 aromatic heterocycles. The maximum Gasteiger partial charge on any atom is 0.137 e. The number of ether oxygens (including phenoxy) is 2. The molecule has 1 unspecified atom stereocenters. The zero-order valence-corrected chi connectivity index (χ0v) is 13.6. The first-order chi connectivity index (χ1) is 9.13. The van der Waals surface area contributed by atoms with Crippen molar-refractivity contribution in [2.45, 2.75) is 46.1 Å². The topological polar surface area (TPSA) is 44.5 Å². The molecule has 1 aromatic carbocycles. The molecule has 0 fully saturated rings. The molecule has 0 amide bonds. The van der Waals surface area contributed by atoms with Crippen molar-refractivity contribution in [3.63, 3.8) is 0 Å². The molecule has 0 bridgehead atoms. The quantitative estimate of drug-likeness (QED) is 0.766. The summed E-state index contributed by atoms with van der Waals surface area (Å²) in [6.45, 7) is 7.64. The summed E-state index contributed by atoms with van der Waals surface area (Å²) in [4.78, 5) is 0. The first-order valence-electron chi connectivity index (χ1n) is 6.98. The van der Waals surface area contributed by atoms with Gasteiger partial charge in [0.2, 0.25) is 0 Å². The minimum atomic E-state index is -0.0108. The number of benzene rings is 1. The molecule has 2 N–H and O–H groups in total. The molecule has 0 aliphatic carbocycles. The van der Waals surface area contributed by atoms with Crippen LogP contribution in [0.2, 0.25) is 0 Å². The standard InChI is InChI=1S/C15H24BrNO2/c1-4-7-18-14-10-15(19-8-5-2)12(16)9-11(14)13(17)6-3/h9-10,13H,4-8,17H2,1-3H3. The number of hydrogen-bond acceptors (Lipinski definition) is 3. The molecule has 1 atom stereocenters. The molecular formula is C15H24BrNO2. The average molecular weight is 330 g/mol. The molecule has 3 nitrogen and oxygen atoms in total. The molecule has 0 heterocycles. The van der Waals surface area contributed by atoms with E-state index in [2.05, 4.69) is 36.7 Å². The monoisotopic (exact) mass is 329 g/mol. The Morgan fingerprint density at radius 1 is 1.05 bits per heavy atom. The summed E-state index contributed by atoms with van der Waals surface area (Å²) in [6, 6.07) is 3.95. The van der Waals surface area contributed by atoms with Gasteiger partial charge >= 0.3 is 0 Å². The Kier molecular flexibility index (Phi) is 7.24. The predicted octanol–water partition coefficient (Wildman–Crippen LogP) is 4.44. The number of hydrogen-bond donors (Lipinski definition) is 1. The van der Waals surface area contributed by atoms with Crippen molar-refractivity contribution in [1.82, 2.24) is 0 Å². The smallest absolute Gasteiger partial charge is 0.137 e. The lowest BCUT2D eigenvalue weighted by molar-refractivity contribution is 0.297. The van der Waals surface area contributed by atoms with Crippen LogP contribution in [0, 0.1) is 0 Å². The highest BCUT2D eigenvalue weighted by molar-refractivity contribution is 9.10. The van der Waals surface area contributed by atoms with Gasteiger partial charge in [-0.25, -0.2) is 0 Å². The molecular weight excluding hydrogens is 306 g/mol. The molecule has 0 saturated carbocycles. The van der Waals surface area contributed by atoms with Gasteiger partial charge in [0.05, 0.1) is 17.7 Å². The summed E-state index contributed by atoms with van der Waals surface area (Å²) < 4.78 is 12.4. The summed E-state index contributed by atoms with van der Waals surface area (Å²) >= 11 is 3.54. The second-order valence-electron chi connectivity index (χ2n) is 4.53. The Bertz CT molecular complexity index is 396. The van der Waals surface area contributed by atoms with Crippen LogP contribution >= 0.6 is 15.9 Å². The van der Waals surface area contributed by atoms with E-state index in [1.54, 1.807) is 0 Å². The van der Waals surface area contributed by atoms with Gasteiger partial charge in [0.1, 0.15) is 11.5 Å². The summed E-state index contributed by atoms with van der Waals surface area (Å²) in [5.41, 5.74) is 7.18. The van der Waals surface area contributed by atoms with Crippen LogP contribution in [-0.4, -0.2) is 13.2 Å². The van der Waals surface area contributed by atoms with Gasteiger partial charge in [0.25, 0.3) is 0 Å². The van der Waals surface area contributed by atoms with Crippen LogP contribution in [0.25, 0.3) is 0 Å². The van der Waals surface area contributed by atoms with Crippen molar-refractivity contribution in [2.24, 2.45) is 5.73 Å². The molecule has 1 aromatic rings.